The lowest BCUT2D eigenvalue weighted by Gasteiger charge is -2.31. The molecule has 2 aromatic rings. The van der Waals surface area contributed by atoms with E-state index in [-0.39, 0.29) is 6.04 Å². The minimum Gasteiger partial charge on any atom is -0.378 e. The Kier molecular flexibility index (Phi) is 6.34. The van der Waals surface area contributed by atoms with Gasteiger partial charge in [0.2, 0.25) is 0 Å². The molecule has 1 aliphatic rings. The van der Waals surface area contributed by atoms with Crippen molar-refractivity contribution in [3.05, 3.63) is 45.5 Å². The van der Waals surface area contributed by atoms with E-state index < -0.39 is 0 Å². The van der Waals surface area contributed by atoms with Crippen LogP contribution in [0.15, 0.2) is 18.2 Å². The van der Waals surface area contributed by atoms with Crippen molar-refractivity contribution in [1.29, 1.82) is 0 Å². The molecule has 3 rings (SSSR count). The number of likely N-dealkylation sites (N-methyl/N-ethyl adjacent to an activating group) is 1. The van der Waals surface area contributed by atoms with Gasteiger partial charge < -0.3 is 4.74 Å². The Hall–Kier alpha value is -1.14. The van der Waals surface area contributed by atoms with Gasteiger partial charge in [-0.05, 0) is 31.2 Å². The van der Waals surface area contributed by atoms with Crippen LogP contribution in [-0.2, 0) is 17.7 Å². The lowest BCUT2D eigenvalue weighted by molar-refractivity contribution is 0.000138. The van der Waals surface area contributed by atoms with Crippen LogP contribution in [0.4, 0.5) is 0 Å². The molecule has 2 heterocycles. The largest absolute Gasteiger partial charge is 0.378 e. The molecule has 0 bridgehead atoms. The summed E-state index contributed by atoms with van der Waals surface area (Å²) >= 11 is 12.6. The Morgan fingerprint density at radius 2 is 2.04 bits per heavy atom. The van der Waals surface area contributed by atoms with Crippen molar-refractivity contribution >= 4 is 23.2 Å². The number of aryl methyl sites for hydroxylation is 1. The Balaban J connectivity index is 1.90. The molecule has 0 spiro atoms. The second-order valence-corrected chi connectivity index (χ2v) is 7.23. The van der Waals surface area contributed by atoms with Gasteiger partial charge in [-0.2, -0.15) is 5.10 Å². The van der Waals surface area contributed by atoms with Crippen LogP contribution in [0, 0.1) is 0 Å². The van der Waals surface area contributed by atoms with Crippen molar-refractivity contribution in [1.82, 2.24) is 19.7 Å². The fourth-order valence-corrected chi connectivity index (χ4v) is 3.55. The molecule has 0 radical (unpaired) electrons. The van der Waals surface area contributed by atoms with Gasteiger partial charge in [0.15, 0.2) is 5.82 Å². The fourth-order valence-electron chi connectivity index (χ4n) is 3.01. The average Bonchev–Trinajstić information content (AvgIpc) is 2.99. The predicted octanol–water partition coefficient (Wildman–Crippen LogP) is 3.98. The number of ether oxygens (including phenoxy) is 1. The molecule has 7 heteroatoms. The van der Waals surface area contributed by atoms with Crippen molar-refractivity contribution in [2.45, 2.75) is 38.8 Å². The van der Waals surface area contributed by atoms with E-state index in [4.69, 9.17) is 38.0 Å². The van der Waals surface area contributed by atoms with E-state index in [0.717, 1.165) is 49.8 Å². The molecule has 1 fully saturated rings. The van der Waals surface area contributed by atoms with Gasteiger partial charge in [-0.15, -0.1) is 0 Å². The zero-order valence-electron chi connectivity index (χ0n) is 14.7. The molecule has 0 N–H and O–H groups in total. The molecule has 1 saturated heterocycles. The van der Waals surface area contributed by atoms with E-state index in [1.165, 1.54) is 0 Å². The van der Waals surface area contributed by atoms with Crippen molar-refractivity contribution in [3.63, 3.8) is 0 Å². The summed E-state index contributed by atoms with van der Waals surface area (Å²) in [6.45, 7) is 5.35. The maximum Gasteiger partial charge on any atom is 0.155 e. The predicted molar refractivity (Wildman–Crippen MR) is 100 cm³/mol. The molecular formula is C18H24Cl2N4O. The molecule has 5 nitrogen and oxygen atoms in total. The van der Waals surface area contributed by atoms with Gasteiger partial charge in [-0.1, -0.05) is 42.6 Å². The molecule has 1 aromatic carbocycles. The summed E-state index contributed by atoms with van der Waals surface area (Å²) in [4.78, 5) is 7.11. The van der Waals surface area contributed by atoms with Crippen molar-refractivity contribution in [2.75, 3.05) is 26.8 Å². The first kappa shape index (κ1) is 18.6. The van der Waals surface area contributed by atoms with Crippen LogP contribution in [-0.4, -0.2) is 46.5 Å². The summed E-state index contributed by atoms with van der Waals surface area (Å²) in [5.41, 5.74) is 0.873. The number of hydrogen-bond donors (Lipinski definition) is 0. The topological polar surface area (TPSA) is 43.2 Å². The molecule has 0 saturated carbocycles. The standard InChI is InChI=1S/C18H24Cl2N4O/c1-3-4-8-24-18(16-12-25-10-9-23(16)2)21-17(22-24)11-13-14(19)6-5-7-15(13)20/h5-7,16H,3-4,8-12H2,1-2H3/t16-/m1/s1. The summed E-state index contributed by atoms with van der Waals surface area (Å²) in [6, 6.07) is 5.68. The third-order valence-electron chi connectivity index (χ3n) is 4.56. The molecule has 0 amide bonds. The molecule has 136 valence electrons. The van der Waals surface area contributed by atoms with E-state index in [1.807, 2.05) is 22.9 Å². The molecule has 0 aliphatic carbocycles. The lowest BCUT2D eigenvalue weighted by atomic mass is 10.1. The zero-order valence-corrected chi connectivity index (χ0v) is 16.2. The number of aromatic nitrogens is 3. The summed E-state index contributed by atoms with van der Waals surface area (Å²) in [6.07, 6.45) is 2.71. The van der Waals surface area contributed by atoms with Gasteiger partial charge in [0.25, 0.3) is 0 Å². The van der Waals surface area contributed by atoms with Crippen molar-refractivity contribution in [2.24, 2.45) is 0 Å². The molecule has 1 atom stereocenters. The van der Waals surface area contributed by atoms with E-state index in [1.54, 1.807) is 0 Å². The summed E-state index contributed by atoms with van der Waals surface area (Å²) in [5, 5.41) is 6.04. The smallest absolute Gasteiger partial charge is 0.155 e. The number of nitrogens with zero attached hydrogens (tertiary/aromatic N) is 4. The molecular weight excluding hydrogens is 359 g/mol. The molecule has 0 unspecified atom stereocenters. The highest BCUT2D eigenvalue weighted by molar-refractivity contribution is 6.36. The highest BCUT2D eigenvalue weighted by Gasteiger charge is 2.27. The monoisotopic (exact) mass is 382 g/mol. The number of hydrogen-bond acceptors (Lipinski definition) is 4. The number of rotatable bonds is 6. The Bertz CT molecular complexity index is 699. The van der Waals surface area contributed by atoms with E-state index in [2.05, 4.69) is 18.9 Å². The van der Waals surface area contributed by atoms with Crippen LogP contribution in [0.2, 0.25) is 10.0 Å². The van der Waals surface area contributed by atoms with Crippen LogP contribution in [0.3, 0.4) is 0 Å². The van der Waals surface area contributed by atoms with Gasteiger partial charge in [0, 0.05) is 29.6 Å². The number of unbranched alkanes of at least 4 members (excludes halogenated alkanes) is 1. The summed E-state index contributed by atoms with van der Waals surface area (Å²) in [7, 11) is 2.11. The average molecular weight is 383 g/mol. The normalized spacial score (nSPS) is 18.6. The third-order valence-corrected chi connectivity index (χ3v) is 5.27. The molecule has 1 aromatic heterocycles. The summed E-state index contributed by atoms with van der Waals surface area (Å²) < 4.78 is 7.69. The minimum absolute atomic E-state index is 0.133. The summed E-state index contributed by atoms with van der Waals surface area (Å²) in [5.74, 6) is 1.72. The first-order valence-electron chi connectivity index (χ1n) is 8.74. The van der Waals surface area contributed by atoms with Crippen molar-refractivity contribution < 1.29 is 4.74 Å². The highest BCUT2D eigenvalue weighted by atomic mass is 35.5. The third kappa shape index (κ3) is 4.34. The van der Waals surface area contributed by atoms with E-state index in [0.29, 0.717) is 23.1 Å². The SMILES string of the molecule is CCCCn1nc(Cc2c(Cl)cccc2Cl)nc1[C@H]1COCCN1C. The second-order valence-electron chi connectivity index (χ2n) is 6.41. The maximum absolute atomic E-state index is 6.31. The van der Waals surface area contributed by atoms with Crippen LogP contribution < -0.4 is 0 Å². The lowest BCUT2D eigenvalue weighted by Crippen LogP contribution is -2.38. The first-order chi connectivity index (χ1) is 12.1. The van der Waals surface area contributed by atoms with E-state index in [9.17, 15) is 0 Å². The van der Waals surface area contributed by atoms with Gasteiger partial charge in [0.05, 0.1) is 19.3 Å². The Morgan fingerprint density at radius 1 is 1.28 bits per heavy atom. The Morgan fingerprint density at radius 3 is 2.72 bits per heavy atom. The minimum atomic E-state index is 0.133. The maximum atomic E-state index is 6.31. The van der Waals surface area contributed by atoms with Gasteiger partial charge in [-0.3, -0.25) is 4.90 Å². The molecule has 25 heavy (non-hydrogen) atoms. The fraction of sp³-hybridized carbons (Fsp3) is 0.556. The first-order valence-corrected chi connectivity index (χ1v) is 9.50. The quantitative estimate of drug-likeness (QED) is 0.757. The van der Waals surface area contributed by atoms with Crippen molar-refractivity contribution in [3.8, 4) is 0 Å². The molecule has 1 aliphatic heterocycles. The van der Waals surface area contributed by atoms with Crippen LogP contribution in [0.1, 0.15) is 43.0 Å². The zero-order chi connectivity index (χ0) is 17.8. The second kappa shape index (κ2) is 8.49. The number of halogens is 2. The van der Waals surface area contributed by atoms with Crippen LogP contribution in [0.25, 0.3) is 0 Å². The number of morpholine rings is 1. The highest BCUT2D eigenvalue weighted by Crippen LogP contribution is 2.27. The van der Waals surface area contributed by atoms with Crippen LogP contribution >= 0.6 is 23.2 Å². The number of benzene rings is 1. The van der Waals surface area contributed by atoms with Gasteiger partial charge in [0.1, 0.15) is 5.82 Å². The van der Waals surface area contributed by atoms with E-state index >= 15 is 0 Å². The van der Waals surface area contributed by atoms with Gasteiger partial charge >= 0.3 is 0 Å². The Labute approximate surface area is 158 Å². The van der Waals surface area contributed by atoms with Crippen LogP contribution in [0.5, 0.6) is 0 Å². The van der Waals surface area contributed by atoms with Gasteiger partial charge in [-0.25, -0.2) is 9.67 Å².